The lowest BCUT2D eigenvalue weighted by atomic mass is 9.88. The van der Waals surface area contributed by atoms with Gasteiger partial charge in [0.05, 0.1) is 13.2 Å². The van der Waals surface area contributed by atoms with Gasteiger partial charge in [0.1, 0.15) is 11.4 Å². The van der Waals surface area contributed by atoms with Crippen LogP contribution in [0.25, 0.3) is 0 Å². The van der Waals surface area contributed by atoms with Crippen LogP contribution in [0.1, 0.15) is 56.9 Å². The summed E-state index contributed by atoms with van der Waals surface area (Å²) in [7, 11) is 1.74. The number of rotatable bonds is 8. The third-order valence-corrected chi connectivity index (χ3v) is 4.52. The molecule has 0 saturated carbocycles. The number of alkyl carbamates (subject to hydrolysis) is 1. The zero-order valence-electron chi connectivity index (χ0n) is 17.7. The molecule has 1 heterocycles. The first-order valence-corrected chi connectivity index (χ1v) is 9.96. The Hall–Kier alpha value is -1.75. The van der Waals surface area contributed by atoms with Crippen molar-refractivity contribution in [1.29, 1.82) is 0 Å². The van der Waals surface area contributed by atoms with Gasteiger partial charge in [-0.3, -0.25) is 0 Å². The van der Waals surface area contributed by atoms with Gasteiger partial charge >= 0.3 is 6.09 Å². The van der Waals surface area contributed by atoms with E-state index in [2.05, 4.69) is 25.2 Å². The predicted molar refractivity (Wildman–Crippen MR) is 108 cm³/mol. The highest BCUT2D eigenvalue weighted by molar-refractivity contribution is 5.67. The molecular formula is C22H35NO4. The lowest BCUT2D eigenvalue weighted by Crippen LogP contribution is -2.33. The average molecular weight is 378 g/mol. The van der Waals surface area contributed by atoms with Gasteiger partial charge < -0.3 is 19.5 Å². The van der Waals surface area contributed by atoms with Gasteiger partial charge in [-0.25, -0.2) is 4.79 Å². The second-order valence-corrected chi connectivity index (χ2v) is 8.60. The molecule has 0 bridgehead atoms. The molecule has 152 valence electrons. The van der Waals surface area contributed by atoms with Gasteiger partial charge in [-0.15, -0.1) is 0 Å². The van der Waals surface area contributed by atoms with Crippen molar-refractivity contribution < 1.29 is 19.0 Å². The van der Waals surface area contributed by atoms with Crippen molar-refractivity contribution in [1.82, 2.24) is 5.32 Å². The van der Waals surface area contributed by atoms with E-state index >= 15 is 0 Å². The molecule has 1 aliphatic heterocycles. The number of hydrogen-bond acceptors (Lipinski definition) is 4. The molecular weight excluding hydrogens is 342 g/mol. The zero-order valence-corrected chi connectivity index (χ0v) is 17.7. The maximum Gasteiger partial charge on any atom is 0.407 e. The first-order valence-electron chi connectivity index (χ1n) is 9.96. The van der Waals surface area contributed by atoms with Crippen LogP contribution in [0.3, 0.4) is 0 Å². The molecule has 5 heteroatoms. The van der Waals surface area contributed by atoms with Crippen LogP contribution >= 0.6 is 0 Å². The number of methoxy groups -OCH3 is 1. The molecule has 5 nitrogen and oxygen atoms in total. The molecule has 1 N–H and O–H groups in total. The van der Waals surface area contributed by atoms with Crippen LogP contribution in [-0.4, -0.2) is 38.6 Å². The monoisotopic (exact) mass is 377 g/mol. The van der Waals surface area contributed by atoms with E-state index in [1.807, 2.05) is 20.8 Å². The van der Waals surface area contributed by atoms with E-state index in [1.165, 1.54) is 16.7 Å². The van der Waals surface area contributed by atoms with Gasteiger partial charge in [-0.2, -0.15) is 0 Å². The van der Waals surface area contributed by atoms with Crippen LogP contribution in [0.4, 0.5) is 4.79 Å². The highest BCUT2D eigenvalue weighted by atomic mass is 16.6. The van der Waals surface area contributed by atoms with E-state index < -0.39 is 5.60 Å². The minimum absolute atomic E-state index is 0.379. The number of carbonyl (C=O) groups excluding carboxylic acids is 1. The molecule has 2 rings (SSSR count). The Morgan fingerprint density at radius 1 is 1.26 bits per heavy atom. The normalized spacial score (nSPS) is 13.4. The Balaban J connectivity index is 2.16. The van der Waals surface area contributed by atoms with Gasteiger partial charge in [-0.1, -0.05) is 19.9 Å². The van der Waals surface area contributed by atoms with Crippen LogP contribution in [-0.2, 0) is 35.2 Å². The number of benzene rings is 1. The molecule has 0 aromatic heterocycles. The number of carbonyl (C=O) groups is 1. The quantitative estimate of drug-likeness (QED) is 0.742. The predicted octanol–water partition coefficient (Wildman–Crippen LogP) is 4.08. The van der Waals surface area contributed by atoms with Gasteiger partial charge in [0.25, 0.3) is 0 Å². The van der Waals surface area contributed by atoms with Gasteiger partial charge in [0.2, 0.25) is 0 Å². The van der Waals surface area contributed by atoms with E-state index in [-0.39, 0.29) is 6.09 Å². The van der Waals surface area contributed by atoms with Crippen LogP contribution < -0.4 is 10.1 Å². The first-order chi connectivity index (χ1) is 12.7. The highest BCUT2D eigenvalue weighted by Crippen LogP contribution is 2.36. The van der Waals surface area contributed by atoms with Crippen LogP contribution in [0, 0.1) is 5.92 Å². The minimum Gasteiger partial charge on any atom is -0.493 e. The lowest BCUT2D eigenvalue weighted by Gasteiger charge is -2.20. The molecule has 0 unspecified atom stereocenters. The molecule has 0 radical (unpaired) electrons. The maximum atomic E-state index is 11.9. The van der Waals surface area contributed by atoms with E-state index in [0.717, 1.165) is 43.6 Å². The summed E-state index contributed by atoms with van der Waals surface area (Å²) in [6.45, 7) is 12.1. The number of ether oxygens (including phenoxy) is 3. The second-order valence-electron chi connectivity index (χ2n) is 8.60. The third-order valence-electron chi connectivity index (χ3n) is 4.52. The Morgan fingerprint density at radius 2 is 2.00 bits per heavy atom. The maximum absolute atomic E-state index is 11.9. The molecule has 0 aliphatic carbocycles. The van der Waals surface area contributed by atoms with Crippen molar-refractivity contribution in [2.45, 2.75) is 65.9 Å². The van der Waals surface area contributed by atoms with Crippen molar-refractivity contribution in [2.24, 2.45) is 5.92 Å². The molecule has 0 saturated heterocycles. The molecule has 1 amide bonds. The van der Waals surface area contributed by atoms with Crippen molar-refractivity contribution in [3.05, 3.63) is 28.3 Å². The van der Waals surface area contributed by atoms with Crippen LogP contribution in [0.5, 0.6) is 5.75 Å². The summed E-state index contributed by atoms with van der Waals surface area (Å²) in [5.41, 5.74) is 4.81. The van der Waals surface area contributed by atoms with Crippen molar-refractivity contribution in [3.8, 4) is 5.75 Å². The van der Waals surface area contributed by atoms with Gasteiger partial charge in [0, 0.05) is 25.6 Å². The Kier molecular flexibility index (Phi) is 7.54. The van der Waals surface area contributed by atoms with E-state index in [9.17, 15) is 4.79 Å². The third kappa shape index (κ3) is 6.42. The summed E-state index contributed by atoms with van der Waals surface area (Å²) in [5, 5.41) is 2.85. The Morgan fingerprint density at radius 3 is 2.63 bits per heavy atom. The number of hydrogen-bond donors (Lipinski definition) is 1. The minimum atomic E-state index is -0.486. The Bertz CT molecular complexity index is 647. The summed E-state index contributed by atoms with van der Waals surface area (Å²) in [4.78, 5) is 11.9. The van der Waals surface area contributed by atoms with Gasteiger partial charge in [0.15, 0.2) is 0 Å². The highest BCUT2D eigenvalue weighted by Gasteiger charge is 2.24. The largest absolute Gasteiger partial charge is 0.493 e. The number of amides is 1. The van der Waals surface area contributed by atoms with Crippen molar-refractivity contribution >= 4 is 6.09 Å². The smallest absolute Gasteiger partial charge is 0.407 e. The fourth-order valence-corrected chi connectivity index (χ4v) is 3.48. The molecule has 0 fully saturated rings. The molecule has 1 aromatic carbocycles. The Labute approximate surface area is 163 Å². The summed E-state index contributed by atoms with van der Waals surface area (Å²) < 4.78 is 16.6. The molecule has 0 atom stereocenters. The fourth-order valence-electron chi connectivity index (χ4n) is 3.48. The topological polar surface area (TPSA) is 56.8 Å². The van der Waals surface area contributed by atoms with E-state index in [1.54, 1.807) is 7.11 Å². The lowest BCUT2D eigenvalue weighted by molar-refractivity contribution is 0.0528. The summed E-state index contributed by atoms with van der Waals surface area (Å²) in [6, 6.07) is 2.25. The second kappa shape index (κ2) is 9.45. The number of fused-ring (bicyclic) bond motifs is 1. The number of nitrogens with one attached hydrogen (secondary N) is 1. The fraction of sp³-hybridized carbons (Fsp3) is 0.682. The molecule has 27 heavy (non-hydrogen) atoms. The van der Waals surface area contributed by atoms with Crippen molar-refractivity contribution in [3.63, 3.8) is 0 Å². The zero-order chi connectivity index (χ0) is 20.0. The van der Waals surface area contributed by atoms with E-state index in [4.69, 9.17) is 14.2 Å². The van der Waals surface area contributed by atoms with Gasteiger partial charge in [-0.05, 0) is 62.6 Å². The van der Waals surface area contributed by atoms with E-state index in [0.29, 0.717) is 19.1 Å². The average Bonchev–Trinajstić information content (AvgIpc) is 3.03. The SMILES string of the molecule is COCCc1cc(CCNC(=O)OC(C)(C)C)c2c(c1CC(C)C)CCO2. The molecule has 1 aliphatic rings. The summed E-state index contributed by atoms with van der Waals surface area (Å²) >= 11 is 0. The first kappa shape index (κ1) is 21.5. The van der Waals surface area contributed by atoms with Crippen LogP contribution in [0.15, 0.2) is 6.07 Å². The van der Waals surface area contributed by atoms with Crippen molar-refractivity contribution in [2.75, 3.05) is 26.9 Å². The standard InChI is InChI=1S/C22H35NO4/c1-15(2)13-19-16(8-11-25-6)14-17(20-18(19)9-12-26-20)7-10-23-21(24)27-22(3,4)5/h14-15H,7-13H2,1-6H3,(H,23,24). The van der Waals surface area contributed by atoms with Crippen LogP contribution in [0.2, 0.25) is 0 Å². The summed E-state index contributed by atoms with van der Waals surface area (Å²) in [6.07, 6.45) is 3.27. The molecule has 0 spiro atoms. The summed E-state index contributed by atoms with van der Waals surface area (Å²) in [5.74, 6) is 1.62. The molecule has 1 aromatic rings.